The van der Waals surface area contributed by atoms with Gasteiger partial charge < -0.3 is 5.26 Å². The average molecular weight is 976 g/mol. The molecule has 0 spiro atoms. The second-order valence-electron chi connectivity index (χ2n) is 14.5. The first-order chi connectivity index (χ1) is 28.6. The molecule has 0 bridgehead atoms. The van der Waals surface area contributed by atoms with Gasteiger partial charge in [0.2, 0.25) is 24.1 Å². The molecular formula is C39H44F11NO7S4. The fourth-order valence-electron chi connectivity index (χ4n) is 6.86. The zero-order valence-corrected chi connectivity index (χ0v) is 36.6. The summed E-state index contributed by atoms with van der Waals surface area (Å²) in [6.07, 6.45) is -0.0613. The Bertz CT molecular complexity index is 2040. The van der Waals surface area contributed by atoms with Crippen molar-refractivity contribution < 1.29 is 79.8 Å². The van der Waals surface area contributed by atoms with E-state index in [4.69, 9.17) is 10.7 Å². The SMILES string of the molecule is Cc1cc(C)c([S+](c2ccccc2)c2ccccc2)c(C)c1.N=C(S(=O)(=O)C1CCCCC1)S(=O)(=O)C1CCCCC1.[O-]OOSC(F)(F)C(F)(F)C(F)(F)C(F)(F)C(F)(F)F. The Kier molecular flexibility index (Phi) is 18.4. The van der Waals surface area contributed by atoms with Gasteiger partial charge in [-0.25, -0.2) is 16.8 Å². The van der Waals surface area contributed by atoms with E-state index < -0.39 is 75.8 Å². The number of aryl methyl sites for hydroxylation is 3. The Balaban J connectivity index is 0.000000248. The molecular weight excluding hydrogens is 932 g/mol. The molecule has 23 heteroatoms. The molecule has 0 atom stereocenters. The average Bonchev–Trinajstić information content (AvgIpc) is 3.22. The van der Waals surface area contributed by atoms with Crippen molar-refractivity contribution >= 4 is 47.0 Å². The van der Waals surface area contributed by atoms with Gasteiger partial charge in [0.25, 0.3) is 0 Å². The van der Waals surface area contributed by atoms with Crippen LogP contribution in [0.4, 0.5) is 48.3 Å². The lowest BCUT2D eigenvalue weighted by Gasteiger charge is -2.36. The maximum absolute atomic E-state index is 12.6. The van der Waals surface area contributed by atoms with Crippen molar-refractivity contribution in [1.29, 1.82) is 5.41 Å². The molecule has 5 rings (SSSR count). The molecule has 2 saturated carbocycles. The topological polar surface area (TPSA) is 134 Å². The summed E-state index contributed by atoms with van der Waals surface area (Å²) < 4.78 is 185. The third kappa shape index (κ3) is 12.0. The molecule has 2 fully saturated rings. The summed E-state index contributed by atoms with van der Waals surface area (Å²) in [5.41, 5.74) is 4.10. The Morgan fingerprint density at radius 3 is 1.34 bits per heavy atom. The van der Waals surface area contributed by atoms with Gasteiger partial charge in [-0.05, 0) is 70.7 Å². The lowest BCUT2D eigenvalue weighted by molar-refractivity contribution is -0.777. The van der Waals surface area contributed by atoms with Crippen molar-refractivity contribution in [2.45, 2.75) is 139 Å². The van der Waals surface area contributed by atoms with E-state index in [1.54, 1.807) is 0 Å². The summed E-state index contributed by atoms with van der Waals surface area (Å²) in [4.78, 5) is 4.22. The highest BCUT2D eigenvalue weighted by Crippen LogP contribution is 2.59. The molecule has 62 heavy (non-hydrogen) atoms. The predicted molar refractivity (Wildman–Crippen MR) is 211 cm³/mol. The molecule has 2 aliphatic carbocycles. The quantitative estimate of drug-likeness (QED) is 0.0382. The fraction of sp³-hybridized carbons (Fsp3) is 0.513. The zero-order valence-electron chi connectivity index (χ0n) is 33.3. The van der Waals surface area contributed by atoms with Crippen LogP contribution in [0.5, 0.6) is 0 Å². The Labute approximate surface area is 359 Å². The maximum atomic E-state index is 12.6. The first-order valence-corrected chi connectivity index (χ1v) is 23.9. The second-order valence-corrected chi connectivity index (χ2v) is 21.9. The van der Waals surface area contributed by atoms with E-state index >= 15 is 0 Å². The van der Waals surface area contributed by atoms with Crippen LogP contribution in [0.1, 0.15) is 80.9 Å². The highest BCUT2D eigenvalue weighted by Gasteiger charge is 2.87. The first-order valence-electron chi connectivity index (χ1n) is 18.8. The molecule has 0 aromatic heterocycles. The third-order valence-electron chi connectivity index (χ3n) is 9.94. The van der Waals surface area contributed by atoms with Crippen LogP contribution in [0.15, 0.2) is 87.5 Å². The minimum absolute atomic E-state index is 0.0460. The van der Waals surface area contributed by atoms with Crippen molar-refractivity contribution in [3.8, 4) is 0 Å². The van der Waals surface area contributed by atoms with Crippen LogP contribution >= 0.6 is 12.0 Å². The van der Waals surface area contributed by atoms with Crippen LogP contribution in [-0.4, -0.2) is 60.9 Å². The highest BCUT2D eigenvalue weighted by molar-refractivity contribution is 8.31. The molecule has 0 amide bonds. The van der Waals surface area contributed by atoms with Crippen molar-refractivity contribution in [3.05, 3.63) is 89.5 Å². The molecule has 0 aliphatic heterocycles. The van der Waals surface area contributed by atoms with Crippen LogP contribution < -0.4 is 5.26 Å². The maximum Gasteiger partial charge on any atom is 0.460 e. The van der Waals surface area contributed by atoms with E-state index in [0.717, 1.165) is 38.5 Å². The smallest absolute Gasteiger partial charge is 0.460 e. The molecule has 348 valence electrons. The standard InChI is InChI=1S/C21H21S.C13H23NO4S2.C5HF11O3S/c1-16-14-17(2)21(18(3)15-16)22(19-10-6-4-7-11-19)20-12-8-5-9-13-20;14-13(19(15,16)11-7-3-1-4-8-11)20(17,18)12-9-5-2-6-10-12;6-1(7,2(8,9)4(12,13)14)3(10,11)5(15,16)20-19-18-17/h4-15H,1-3H3;11-12,14H,1-10H2;17H/q+1;;/p-1. The third-order valence-corrected chi connectivity index (χ3v) is 18.2. The van der Waals surface area contributed by atoms with E-state index in [2.05, 4.69) is 103 Å². The van der Waals surface area contributed by atoms with Gasteiger partial charge in [-0.2, -0.15) is 52.6 Å². The molecule has 0 unspecified atom stereocenters. The number of hydrogen-bond donors (Lipinski definition) is 1. The first kappa shape index (κ1) is 53.4. The van der Waals surface area contributed by atoms with Gasteiger partial charge in [-0.1, -0.05) is 92.6 Å². The second kappa shape index (κ2) is 21.4. The van der Waals surface area contributed by atoms with Crippen LogP contribution in [0.25, 0.3) is 0 Å². The Morgan fingerprint density at radius 1 is 0.629 bits per heavy atom. The van der Waals surface area contributed by atoms with E-state index in [0.29, 0.717) is 25.7 Å². The van der Waals surface area contributed by atoms with Crippen molar-refractivity contribution in [2.75, 3.05) is 0 Å². The monoisotopic (exact) mass is 975 g/mol. The molecule has 3 aromatic carbocycles. The summed E-state index contributed by atoms with van der Waals surface area (Å²) >= 11 is -2.16. The fourth-order valence-corrected chi connectivity index (χ4v) is 14.2. The van der Waals surface area contributed by atoms with E-state index in [9.17, 15) is 65.1 Å². The van der Waals surface area contributed by atoms with Gasteiger partial charge in [0.05, 0.1) is 21.4 Å². The van der Waals surface area contributed by atoms with Gasteiger partial charge in [-0.3, -0.25) is 10.4 Å². The van der Waals surface area contributed by atoms with Gasteiger partial charge >= 0.3 is 29.2 Å². The number of sulfone groups is 2. The zero-order chi connectivity index (χ0) is 47.0. The van der Waals surface area contributed by atoms with Gasteiger partial charge in [0, 0.05) is 11.1 Å². The number of hydrogen-bond acceptors (Lipinski definition) is 9. The van der Waals surface area contributed by atoms with E-state index in [1.165, 1.54) is 31.4 Å². The highest BCUT2D eigenvalue weighted by atomic mass is 32.3. The number of nitrogens with one attached hydrogen (secondary N) is 1. The molecule has 0 radical (unpaired) electrons. The molecule has 3 aromatic rings. The number of rotatable bonds is 11. The lowest BCUT2D eigenvalue weighted by Crippen LogP contribution is -2.65. The minimum Gasteiger partial charge on any atom is -0.691 e. The van der Waals surface area contributed by atoms with Gasteiger partial charge in [0.15, 0.2) is 14.7 Å². The summed E-state index contributed by atoms with van der Waals surface area (Å²) in [6.45, 7) is 6.65. The summed E-state index contributed by atoms with van der Waals surface area (Å²) in [5, 5.41) is 11.3. The van der Waals surface area contributed by atoms with Crippen molar-refractivity contribution in [2.24, 2.45) is 0 Å². The number of benzene rings is 3. The van der Waals surface area contributed by atoms with E-state index in [1.807, 2.05) is 0 Å². The van der Waals surface area contributed by atoms with Gasteiger partial charge in [0.1, 0.15) is 12.0 Å². The van der Waals surface area contributed by atoms with Crippen LogP contribution in [-0.2, 0) is 39.9 Å². The van der Waals surface area contributed by atoms with Gasteiger partial charge in [-0.15, -0.1) is 0 Å². The number of alkyl halides is 11. The lowest BCUT2D eigenvalue weighted by atomic mass is 10.0. The molecule has 8 nitrogen and oxygen atoms in total. The molecule has 0 saturated heterocycles. The molecule has 2 aliphatic rings. The van der Waals surface area contributed by atoms with Crippen LogP contribution in [0.3, 0.4) is 0 Å². The van der Waals surface area contributed by atoms with Crippen LogP contribution in [0.2, 0.25) is 0 Å². The Morgan fingerprint density at radius 2 is 1.00 bits per heavy atom. The van der Waals surface area contributed by atoms with E-state index in [-0.39, 0.29) is 10.9 Å². The molecule has 1 N–H and O–H groups in total. The van der Waals surface area contributed by atoms with Crippen LogP contribution in [0, 0.1) is 26.2 Å². The van der Waals surface area contributed by atoms with Crippen molar-refractivity contribution in [1.82, 2.24) is 0 Å². The summed E-state index contributed by atoms with van der Waals surface area (Å²) in [7, 11) is -7.99. The Hall–Kier alpha value is -2.96. The minimum atomic E-state index is -7.54. The molecule has 0 heterocycles. The largest absolute Gasteiger partial charge is 0.691 e. The normalized spacial score (nSPS) is 16.5. The summed E-state index contributed by atoms with van der Waals surface area (Å²) in [5.74, 6) is -22.3. The number of halogens is 11. The predicted octanol–water partition coefficient (Wildman–Crippen LogP) is 11.0. The van der Waals surface area contributed by atoms with Crippen molar-refractivity contribution in [3.63, 3.8) is 0 Å². The summed E-state index contributed by atoms with van der Waals surface area (Å²) in [6, 6.07) is 26.3.